The number of amides is 1. The summed E-state index contributed by atoms with van der Waals surface area (Å²) in [6.07, 6.45) is 1.90. The fraction of sp³-hybridized carbons (Fsp3) is 0.286. The summed E-state index contributed by atoms with van der Waals surface area (Å²) in [5, 5.41) is 0. The molecule has 1 aliphatic rings. The molecule has 0 aliphatic carbocycles. The van der Waals surface area contributed by atoms with Gasteiger partial charge >= 0.3 is 0 Å². The first kappa shape index (κ1) is 14.1. The molecule has 0 atom stereocenters. The zero-order valence-corrected chi connectivity index (χ0v) is 12.8. The number of hydrogen-bond acceptors (Lipinski definition) is 4. The standard InChI is InChI=1S/C14H16N2OS2/c1-4-16-13(17)12(19-14(16)18)9-10-5-7-11(8-6-10)15(2)3/h5-9H,4H2,1-3H3/b12-9+. The zero-order chi connectivity index (χ0) is 14.0. The summed E-state index contributed by atoms with van der Waals surface area (Å²) in [7, 11) is 4.00. The normalized spacial score (nSPS) is 17.4. The molecule has 0 N–H and O–H groups in total. The van der Waals surface area contributed by atoms with Gasteiger partial charge in [-0.1, -0.05) is 36.1 Å². The molecule has 1 amide bonds. The molecule has 0 bridgehead atoms. The molecule has 1 heterocycles. The van der Waals surface area contributed by atoms with Crippen molar-refractivity contribution in [2.75, 3.05) is 25.5 Å². The van der Waals surface area contributed by atoms with E-state index >= 15 is 0 Å². The Balaban J connectivity index is 2.22. The van der Waals surface area contributed by atoms with Gasteiger partial charge in [0.1, 0.15) is 4.32 Å². The minimum Gasteiger partial charge on any atom is -0.378 e. The summed E-state index contributed by atoms with van der Waals surface area (Å²) in [6, 6.07) is 8.08. The Bertz CT molecular complexity index is 535. The molecule has 5 heteroatoms. The Kier molecular flexibility index (Phi) is 4.27. The van der Waals surface area contributed by atoms with Gasteiger partial charge < -0.3 is 4.90 Å². The van der Waals surface area contributed by atoms with E-state index < -0.39 is 0 Å². The molecule has 0 radical (unpaired) electrons. The number of benzene rings is 1. The average molecular weight is 292 g/mol. The molecule has 2 rings (SSSR count). The van der Waals surface area contributed by atoms with Gasteiger partial charge in [0, 0.05) is 26.3 Å². The lowest BCUT2D eigenvalue weighted by Gasteiger charge is -2.12. The minimum absolute atomic E-state index is 0.00851. The maximum absolute atomic E-state index is 12.1. The highest BCUT2D eigenvalue weighted by atomic mass is 32.2. The largest absolute Gasteiger partial charge is 0.378 e. The van der Waals surface area contributed by atoms with Gasteiger partial charge in [0.05, 0.1) is 4.91 Å². The predicted octanol–water partition coefficient (Wildman–Crippen LogP) is 2.97. The first-order valence-electron chi connectivity index (χ1n) is 6.05. The molecule has 3 nitrogen and oxygen atoms in total. The minimum atomic E-state index is 0.00851. The highest BCUT2D eigenvalue weighted by molar-refractivity contribution is 8.26. The van der Waals surface area contributed by atoms with Crippen LogP contribution < -0.4 is 4.90 Å². The van der Waals surface area contributed by atoms with Crippen molar-refractivity contribution in [3.63, 3.8) is 0 Å². The first-order valence-corrected chi connectivity index (χ1v) is 7.28. The fourth-order valence-electron chi connectivity index (χ4n) is 1.79. The van der Waals surface area contributed by atoms with Crippen LogP contribution >= 0.6 is 24.0 Å². The van der Waals surface area contributed by atoms with Gasteiger partial charge in [-0.15, -0.1) is 0 Å². The van der Waals surface area contributed by atoms with Crippen LogP contribution in [0, 0.1) is 0 Å². The van der Waals surface area contributed by atoms with Crippen LogP contribution in [0.4, 0.5) is 5.69 Å². The Morgan fingerprint density at radius 1 is 1.32 bits per heavy atom. The Morgan fingerprint density at radius 3 is 2.42 bits per heavy atom. The van der Waals surface area contributed by atoms with Crippen LogP contribution in [-0.2, 0) is 4.79 Å². The SMILES string of the molecule is CCN1C(=O)/C(=C\c2ccc(N(C)C)cc2)SC1=S. The highest BCUT2D eigenvalue weighted by Crippen LogP contribution is 2.32. The number of carbonyl (C=O) groups is 1. The maximum Gasteiger partial charge on any atom is 0.266 e. The Hall–Kier alpha value is -1.33. The molecule has 1 fully saturated rings. The highest BCUT2D eigenvalue weighted by Gasteiger charge is 2.30. The van der Waals surface area contributed by atoms with Crippen LogP contribution in [0.1, 0.15) is 12.5 Å². The van der Waals surface area contributed by atoms with Gasteiger partial charge in [-0.05, 0) is 30.7 Å². The lowest BCUT2D eigenvalue weighted by atomic mass is 10.2. The second-order valence-corrected chi connectivity index (χ2v) is 6.09. The van der Waals surface area contributed by atoms with E-state index in [9.17, 15) is 4.79 Å². The molecule has 1 saturated heterocycles. The number of likely N-dealkylation sites (N-methyl/N-ethyl adjacent to an activating group) is 1. The van der Waals surface area contributed by atoms with E-state index in [1.165, 1.54) is 11.8 Å². The van der Waals surface area contributed by atoms with E-state index in [0.717, 1.165) is 11.3 Å². The smallest absolute Gasteiger partial charge is 0.266 e. The lowest BCUT2D eigenvalue weighted by Crippen LogP contribution is -2.27. The molecule has 1 aromatic rings. The van der Waals surface area contributed by atoms with Crippen molar-refractivity contribution >= 4 is 46.0 Å². The molecule has 0 spiro atoms. The van der Waals surface area contributed by atoms with Crippen molar-refractivity contribution in [1.29, 1.82) is 0 Å². The predicted molar refractivity (Wildman–Crippen MR) is 86.3 cm³/mol. The van der Waals surface area contributed by atoms with E-state index in [-0.39, 0.29) is 5.91 Å². The second kappa shape index (κ2) is 5.75. The van der Waals surface area contributed by atoms with E-state index in [2.05, 4.69) is 0 Å². The van der Waals surface area contributed by atoms with Crippen LogP contribution in [-0.4, -0.2) is 35.8 Å². The molecule has 0 saturated carbocycles. The fourth-order valence-corrected chi connectivity index (χ4v) is 3.18. The van der Waals surface area contributed by atoms with Crippen molar-refractivity contribution in [1.82, 2.24) is 4.90 Å². The van der Waals surface area contributed by atoms with E-state index in [1.54, 1.807) is 4.90 Å². The monoisotopic (exact) mass is 292 g/mol. The molecule has 0 unspecified atom stereocenters. The summed E-state index contributed by atoms with van der Waals surface area (Å²) < 4.78 is 0.642. The third-order valence-electron chi connectivity index (χ3n) is 2.90. The Labute approximate surface area is 123 Å². The quantitative estimate of drug-likeness (QED) is 0.631. The van der Waals surface area contributed by atoms with Gasteiger partial charge in [0.2, 0.25) is 0 Å². The van der Waals surface area contributed by atoms with Crippen LogP contribution in [0.15, 0.2) is 29.2 Å². The van der Waals surface area contributed by atoms with E-state index in [4.69, 9.17) is 12.2 Å². The van der Waals surface area contributed by atoms with Gasteiger partial charge in [-0.2, -0.15) is 0 Å². The number of nitrogens with zero attached hydrogens (tertiary/aromatic N) is 2. The number of thiocarbonyl (C=S) groups is 1. The molecular weight excluding hydrogens is 276 g/mol. The van der Waals surface area contributed by atoms with Crippen molar-refractivity contribution in [3.05, 3.63) is 34.7 Å². The first-order chi connectivity index (χ1) is 9.02. The summed E-state index contributed by atoms with van der Waals surface area (Å²) in [6.45, 7) is 2.56. The van der Waals surface area contributed by atoms with Crippen molar-refractivity contribution in [2.45, 2.75) is 6.92 Å². The number of carbonyl (C=O) groups excluding carboxylic acids is 1. The van der Waals surface area contributed by atoms with Gasteiger partial charge in [0.15, 0.2) is 0 Å². The van der Waals surface area contributed by atoms with E-state index in [0.29, 0.717) is 15.8 Å². The average Bonchev–Trinajstić information content (AvgIpc) is 2.64. The number of anilines is 1. The molecular formula is C14H16N2OS2. The molecule has 19 heavy (non-hydrogen) atoms. The number of hydrogen-bond donors (Lipinski definition) is 0. The summed E-state index contributed by atoms with van der Waals surface area (Å²) in [4.78, 5) is 16.4. The van der Waals surface area contributed by atoms with Gasteiger partial charge in [-0.25, -0.2) is 0 Å². The Morgan fingerprint density at radius 2 is 1.95 bits per heavy atom. The number of rotatable bonds is 3. The second-order valence-electron chi connectivity index (χ2n) is 4.41. The number of thioether (sulfide) groups is 1. The van der Waals surface area contributed by atoms with Crippen molar-refractivity contribution < 1.29 is 4.79 Å². The van der Waals surface area contributed by atoms with Crippen LogP contribution in [0.2, 0.25) is 0 Å². The molecule has 1 aromatic carbocycles. The lowest BCUT2D eigenvalue weighted by molar-refractivity contribution is -0.121. The maximum atomic E-state index is 12.1. The van der Waals surface area contributed by atoms with E-state index in [1.807, 2.05) is 56.3 Å². The van der Waals surface area contributed by atoms with Crippen LogP contribution in [0.5, 0.6) is 0 Å². The van der Waals surface area contributed by atoms with Gasteiger partial charge in [0.25, 0.3) is 5.91 Å². The topological polar surface area (TPSA) is 23.6 Å². The summed E-state index contributed by atoms with van der Waals surface area (Å²) in [5.74, 6) is 0.00851. The van der Waals surface area contributed by atoms with Gasteiger partial charge in [-0.3, -0.25) is 9.69 Å². The third-order valence-corrected chi connectivity index (χ3v) is 4.27. The molecule has 0 aromatic heterocycles. The summed E-state index contributed by atoms with van der Waals surface area (Å²) in [5.41, 5.74) is 2.15. The van der Waals surface area contributed by atoms with Crippen molar-refractivity contribution in [2.24, 2.45) is 0 Å². The summed E-state index contributed by atoms with van der Waals surface area (Å²) >= 11 is 6.56. The van der Waals surface area contributed by atoms with Crippen molar-refractivity contribution in [3.8, 4) is 0 Å². The third kappa shape index (κ3) is 2.98. The molecule has 1 aliphatic heterocycles. The van der Waals surface area contributed by atoms with Crippen LogP contribution in [0.25, 0.3) is 6.08 Å². The zero-order valence-electron chi connectivity index (χ0n) is 11.2. The molecule has 100 valence electrons. The van der Waals surface area contributed by atoms with Crippen LogP contribution in [0.3, 0.4) is 0 Å².